The van der Waals surface area contributed by atoms with Crippen LogP contribution in [0.15, 0.2) is 24.3 Å². The maximum absolute atomic E-state index is 12.8. The topological polar surface area (TPSA) is 29.1 Å². The van der Waals surface area contributed by atoms with Gasteiger partial charge in [-0.3, -0.25) is 4.79 Å². The lowest BCUT2D eigenvalue weighted by Gasteiger charge is -2.28. The Morgan fingerprint density at radius 3 is 2.18 bits per heavy atom. The third-order valence-corrected chi connectivity index (χ3v) is 2.59. The summed E-state index contributed by atoms with van der Waals surface area (Å²) in [5, 5.41) is 2.42. The van der Waals surface area contributed by atoms with E-state index in [0.717, 1.165) is 6.07 Å². The Labute approximate surface area is 97.8 Å². The monoisotopic (exact) mass is 245 g/mol. The number of rotatable bonds is 4. The minimum atomic E-state index is -4.38. The van der Waals surface area contributed by atoms with Crippen LogP contribution >= 0.6 is 0 Å². The van der Waals surface area contributed by atoms with Gasteiger partial charge in [-0.05, 0) is 11.6 Å². The van der Waals surface area contributed by atoms with E-state index in [2.05, 4.69) is 5.32 Å². The smallest absolute Gasteiger partial charge is 0.358 e. The summed E-state index contributed by atoms with van der Waals surface area (Å²) in [5.41, 5.74) is -1.24. The first-order valence-corrected chi connectivity index (χ1v) is 5.13. The highest BCUT2D eigenvalue weighted by molar-refractivity contribution is 5.47. The maximum atomic E-state index is 12.8. The molecule has 0 fully saturated rings. The quantitative estimate of drug-likeness (QED) is 0.812. The van der Waals surface area contributed by atoms with Gasteiger partial charge in [-0.1, -0.05) is 32.0 Å². The van der Waals surface area contributed by atoms with Crippen LogP contribution in [0.5, 0.6) is 0 Å². The van der Waals surface area contributed by atoms with E-state index in [0.29, 0.717) is 6.41 Å². The Balaban J connectivity index is 3.17. The van der Waals surface area contributed by atoms with Crippen molar-refractivity contribution < 1.29 is 18.0 Å². The molecule has 1 rings (SSSR count). The molecule has 1 N–H and O–H groups in total. The van der Waals surface area contributed by atoms with Crippen molar-refractivity contribution in [2.45, 2.75) is 25.4 Å². The van der Waals surface area contributed by atoms with Gasteiger partial charge in [0.2, 0.25) is 6.41 Å². The number of carbonyl (C=O) groups excluding carboxylic acids is 1. The van der Waals surface area contributed by atoms with Crippen LogP contribution in [0.2, 0.25) is 0 Å². The zero-order chi connectivity index (χ0) is 13.1. The predicted molar refractivity (Wildman–Crippen MR) is 58.5 cm³/mol. The number of alkyl halides is 3. The second-order valence-corrected chi connectivity index (χ2v) is 4.43. The van der Waals surface area contributed by atoms with Crippen molar-refractivity contribution in [3.05, 3.63) is 35.4 Å². The zero-order valence-electron chi connectivity index (χ0n) is 9.64. The molecule has 0 aromatic heterocycles. The van der Waals surface area contributed by atoms with Gasteiger partial charge in [0.15, 0.2) is 0 Å². The molecule has 17 heavy (non-hydrogen) atoms. The van der Waals surface area contributed by atoms with E-state index in [1.165, 1.54) is 12.1 Å². The van der Waals surface area contributed by atoms with Crippen LogP contribution in [0.4, 0.5) is 13.2 Å². The molecule has 2 nitrogen and oxygen atoms in total. The molecule has 0 unspecified atom stereocenters. The number of hydrogen-bond acceptors (Lipinski definition) is 1. The molecule has 0 radical (unpaired) electrons. The van der Waals surface area contributed by atoms with E-state index in [-0.39, 0.29) is 12.1 Å². The SMILES string of the molecule is CC(C)(CNC=O)c1ccccc1C(F)(F)F. The van der Waals surface area contributed by atoms with Crippen LogP contribution in [0.25, 0.3) is 0 Å². The summed E-state index contributed by atoms with van der Waals surface area (Å²) in [4.78, 5) is 10.2. The van der Waals surface area contributed by atoms with Crippen LogP contribution in [-0.2, 0) is 16.4 Å². The van der Waals surface area contributed by atoms with Gasteiger partial charge in [0.1, 0.15) is 0 Å². The van der Waals surface area contributed by atoms with Crippen LogP contribution < -0.4 is 5.32 Å². The molecule has 94 valence electrons. The van der Waals surface area contributed by atoms with Gasteiger partial charge in [-0.25, -0.2) is 0 Å². The fourth-order valence-electron chi connectivity index (χ4n) is 1.71. The van der Waals surface area contributed by atoms with E-state index < -0.39 is 17.2 Å². The van der Waals surface area contributed by atoms with Crippen molar-refractivity contribution in [2.24, 2.45) is 0 Å². The first kappa shape index (κ1) is 13.5. The predicted octanol–water partition coefficient (Wildman–Crippen LogP) is 2.73. The fraction of sp³-hybridized carbons (Fsp3) is 0.417. The average Bonchev–Trinajstić information content (AvgIpc) is 2.25. The number of carbonyl (C=O) groups is 1. The lowest BCUT2D eigenvalue weighted by atomic mass is 9.81. The first-order valence-electron chi connectivity index (χ1n) is 5.13. The van der Waals surface area contributed by atoms with E-state index in [9.17, 15) is 18.0 Å². The maximum Gasteiger partial charge on any atom is 0.416 e. The Kier molecular flexibility index (Phi) is 3.80. The van der Waals surface area contributed by atoms with Crippen molar-refractivity contribution >= 4 is 6.41 Å². The summed E-state index contributed by atoms with van der Waals surface area (Å²) in [6.07, 6.45) is -3.90. The van der Waals surface area contributed by atoms with Crippen LogP contribution in [-0.4, -0.2) is 13.0 Å². The largest absolute Gasteiger partial charge is 0.416 e. The molecule has 0 bridgehead atoms. The van der Waals surface area contributed by atoms with Gasteiger partial charge in [-0.15, -0.1) is 0 Å². The van der Waals surface area contributed by atoms with Crippen molar-refractivity contribution in [1.29, 1.82) is 0 Å². The van der Waals surface area contributed by atoms with Gasteiger partial charge in [0.05, 0.1) is 5.56 Å². The van der Waals surface area contributed by atoms with Crippen molar-refractivity contribution in [2.75, 3.05) is 6.54 Å². The molecule has 1 aromatic rings. The second kappa shape index (κ2) is 4.77. The molecule has 0 saturated carbocycles. The molecular weight excluding hydrogens is 231 g/mol. The highest BCUT2D eigenvalue weighted by Gasteiger charge is 2.37. The Morgan fingerprint density at radius 2 is 1.71 bits per heavy atom. The molecular formula is C12H14F3NO. The molecule has 0 saturated heterocycles. The van der Waals surface area contributed by atoms with Gasteiger partial charge >= 0.3 is 6.18 Å². The van der Waals surface area contributed by atoms with Crippen LogP contribution in [0.3, 0.4) is 0 Å². The summed E-state index contributed by atoms with van der Waals surface area (Å²) in [5.74, 6) is 0. The molecule has 0 spiro atoms. The minimum absolute atomic E-state index is 0.156. The normalized spacial score (nSPS) is 12.3. The fourth-order valence-corrected chi connectivity index (χ4v) is 1.71. The van der Waals surface area contributed by atoms with Crippen molar-refractivity contribution in [3.8, 4) is 0 Å². The number of benzene rings is 1. The highest BCUT2D eigenvalue weighted by atomic mass is 19.4. The van der Waals surface area contributed by atoms with Gasteiger partial charge in [0.25, 0.3) is 0 Å². The van der Waals surface area contributed by atoms with E-state index in [4.69, 9.17) is 0 Å². The molecule has 0 aliphatic carbocycles. The molecule has 5 heteroatoms. The van der Waals surface area contributed by atoms with Gasteiger partial charge < -0.3 is 5.32 Å². The Morgan fingerprint density at radius 1 is 1.18 bits per heavy atom. The summed E-state index contributed by atoms with van der Waals surface area (Å²) >= 11 is 0. The minimum Gasteiger partial charge on any atom is -0.358 e. The van der Waals surface area contributed by atoms with E-state index in [1.54, 1.807) is 19.9 Å². The van der Waals surface area contributed by atoms with Gasteiger partial charge in [-0.2, -0.15) is 13.2 Å². The molecule has 0 heterocycles. The summed E-state index contributed by atoms with van der Waals surface area (Å²) in [6.45, 7) is 3.48. The van der Waals surface area contributed by atoms with E-state index >= 15 is 0 Å². The first-order chi connectivity index (χ1) is 7.79. The van der Waals surface area contributed by atoms with Gasteiger partial charge in [0, 0.05) is 12.0 Å². The molecule has 0 atom stereocenters. The number of hydrogen-bond donors (Lipinski definition) is 1. The summed E-state index contributed by atoms with van der Waals surface area (Å²) in [6, 6.07) is 5.41. The third-order valence-electron chi connectivity index (χ3n) is 2.59. The number of nitrogens with one attached hydrogen (secondary N) is 1. The van der Waals surface area contributed by atoms with Crippen molar-refractivity contribution in [1.82, 2.24) is 5.32 Å². The number of halogens is 3. The molecule has 0 aliphatic heterocycles. The average molecular weight is 245 g/mol. The van der Waals surface area contributed by atoms with E-state index in [1.807, 2.05) is 0 Å². The number of amides is 1. The third kappa shape index (κ3) is 3.22. The van der Waals surface area contributed by atoms with Crippen molar-refractivity contribution in [3.63, 3.8) is 0 Å². The zero-order valence-corrected chi connectivity index (χ0v) is 9.64. The lowest BCUT2D eigenvalue weighted by molar-refractivity contribution is -0.138. The highest BCUT2D eigenvalue weighted by Crippen LogP contribution is 2.37. The summed E-state index contributed by atoms with van der Waals surface area (Å²) < 4.78 is 38.4. The molecule has 1 amide bonds. The van der Waals surface area contributed by atoms with Crippen LogP contribution in [0.1, 0.15) is 25.0 Å². The standard InChI is InChI=1S/C12H14F3NO/c1-11(2,7-16-8-17)9-5-3-4-6-10(9)12(13,14)15/h3-6,8H,7H2,1-2H3,(H,16,17). The Bertz CT molecular complexity index is 399. The molecule has 0 aliphatic rings. The Hall–Kier alpha value is -1.52. The second-order valence-electron chi connectivity index (χ2n) is 4.43. The lowest BCUT2D eigenvalue weighted by Crippen LogP contribution is -2.34. The summed E-state index contributed by atoms with van der Waals surface area (Å²) in [7, 11) is 0. The molecule has 1 aromatic carbocycles. The van der Waals surface area contributed by atoms with Crippen LogP contribution in [0, 0.1) is 0 Å².